The van der Waals surface area contributed by atoms with Crippen LogP contribution in [0.3, 0.4) is 0 Å². The summed E-state index contributed by atoms with van der Waals surface area (Å²) in [5.41, 5.74) is 5.94. The van der Waals surface area contributed by atoms with Crippen molar-refractivity contribution in [2.24, 2.45) is 11.7 Å². The van der Waals surface area contributed by atoms with Gasteiger partial charge in [-0.3, -0.25) is 4.90 Å². The average molecular weight is 230 g/mol. The highest BCUT2D eigenvalue weighted by molar-refractivity contribution is 4.91. The highest BCUT2D eigenvalue weighted by Crippen LogP contribution is 2.23. The molecule has 0 rings (SSSR count). The van der Waals surface area contributed by atoms with Gasteiger partial charge in [0.05, 0.1) is 12.1 Å². The van der Waals surface area contributed by atoms with E-state index in [2.05, 4.69) is 39.6 Å². The third-order valence-electron chi connectivity index (χ3n) is 3.67. The van der Waals surface area contributed by atoms with Gasteiger partial charge in [0.1, 0.15) is 0 Å². The molecule has 0 spiro atoms. The normalized spacial score (nSPS) is 17.8. The molecule has 2 N–H and O–H groups in total. The van der Waals surface area contributed by atoms with Crippen LogP contribution in [0, 0.1) is 5.92 Å². The van der Waals surface area contributed by atoms with E-state index >= 15 is 0 Å². The number of ether oxygens (including phenoxy) is 1. The smallest absolute Gasteiger partial charge is 0.0658 e. The van der Waals surface area contributed by atoms with E-state index in [1.165, 1.54) is 6.42 Å². The van der Waals surface area contributed by atoms with E-state index in [0.717, 1.165) is 6.42 Å². The summed E-state index contributed by atoms with van der Waals surface area (Å²) in [6.07, 6.45) is 2.22. The van der Waals surface area contributed by atoms with Crippen LogP contribution >= 0.6 is 0 Å². The van der Waals surface area contributed by atoms with Crippen LogP contribution in [0.1, 0.15) is 40.5 Å². The van der Waals surface area contributed by atoms with Crippen LogP contribution < -0.4 is 5.73 Å². The summed E-state index contributed by atoms with van der Waals surface area (Å²) in [5, 5.41) is 0. The second-order valence-electron chi connectivity index (χ2n) is 5.30. The SMILES string of the molecule is CCC(CN)(COC)N(C)C(C)CC(C)C. The van der Waals surface area contributed by atoms with E-state index in [4.69, 9.17) is 10.5 Å². The number of likely N-dealkylation sites (N-methyl/N-ethyl adjacent to an activating group) is 1. The molecule has 0 aromatic rings. The van der Waals surface area contributed by atoms with Crippen molar-refractivity contribution in [2.75, 3.05) is 27.3 Å². The highest BCUT2D eigenvalue weighted by Gasteiger charge is 2.34. The summed E-state index contributed by atoms with van der Waals surface area (Å²) in [6.45, 7) is 10.3. The molecule has 0 aliphatic carbocycles. The number of hydrogen-bond donors (Lipinski definition) is 1. The Balaban J connectivity index is 4.64. The average Bonchev–Trinajstić information content (AvgIpc) is 2.24. The standard InChI is InChI=1S/C13H30N2O/c1-7-13(9-14,10-16-6)15(5)12(4)8-11(2)3/h11-12H,7-10,14H2,1-6H3. The molecule has 2 atom stereocenters. The van der Waals surface area contributed by atoms with Crippen molar-refractivity contribution in [2.45, 2.75) is 52.1 Å². The van der Waals surface area contributed by atoms with E-state index < -0.39 is 0 Å². The van der Waals surface area contributed by atoms with Gasteiger partial charge in [-0.05, 0) is 32.7 Å². The predicted molar refractivity (Wildman–Crippen MR) is 70.6 cm³/mol. The molecule has 0 fully saturated rings. The minimum Gasteiger partial charge on any atom is -0.383 e. The van der Waals surface area contributed by atoms with E-state index in [-0.39, 0.29) is 5.54 Å². The Kier molecular flexibility index (Phi) is 7.20. The van der Waals surface area contributed by atoms with Crippen LogP contribution in [-0.2, 0) is 4.74 Å². The van der Waals surface area contributed by atoms with Gasteiger partial charge in [-0.25, -0.2) is 0 Å². The lowest BCUT2D eigenvalue weighted by Gasteiger charge is -2.44. The van der Waals surface area contributed by atoms with Gasteiger partial charge in [0.25, 0.3) is 0 Å². The van der Waals surface area contributed by atoms with Gasteiger partial charge in [0.2, 0.25) is 0 Å². The molecule has 0 radical (unpaired) electrons. The molecule has 2 unspecified atom stereocenters. The third kappa shape index (κ3) is 4.04. The van der Waals surface area contributed by atoms with Crippen LogP contribution in [-0.4, -0.2) is 43.8 Å². The molecule has 0 aromatic heterocycles. The van der Waals surface area contributed by atoms with Gasteiger partial charge >= 0.3 is 0 Å². The molecule has 0 aliphatic rings. The minimum absolute atomic E-state index is 0.0109. The Morgan fingerprint density at radius 3 is 2.19 bits per heavy atom. The lowest BCUT2D eigenvalue weighted by molar-refractivity contribution is 0.00233. The molecule has 0 heterocycles. The lowest BCUT2D eigenvalue weighted by atomic mass is 9.91. The molecule has 0 amide bonds. The second kappa shape index (κ2) is 7.25. The molecule has 3 heteroatoms. The first-order valence-electron chi connectivity index (χ1n) is 6.35. The monoisotopic (exact) mass is 230 g/mol. The first-order valence-corrected chi connectivity index (χ1v) is 6.35. The topological polar surface area (TPSA) is 38.5 Å². The van der Waals surface area contributed by atoms with Gasteiger partial charge in [-0.1, -0.05) is 20.8 Å². The van der Waals surface area contributed by atoms with Crippen molar-refractivity contribution in [3.63, 3.8) is 0 Å². The zero-order valence-corrected chi connectivity index (χ0v) is 11.9. The summed E-state index contributed by atoms with van der Waals surface area (Å²) >= 11 is 0. The Hall–Kier alpha value is -0.120. The van der Waals surface area contributed by atoms with Crippen LogP contribution in [0.2, 0.25) is 0 Å². The summed E-state index contributed by atoms with van der Waals surface area (Å²) < 4.78 is 5.34. The molecule has 16 heavy (non-hydrogen) atoms. The highest BCUT2D eigenvalue weighted by atomic mass is 16.5. The summed E-state index contributed by atoms with van der Waals surface area (Å²) in [7, 11) is 3.92. The van der Waals surface area contributed by atoms with Crippen LogP contribution in [0.4, 0.5) is 0 Å². The van der Waals surface area contributed by atoms with E-state index in [0.29, 0.717) is 25.1 Å². The number of nitrogens with zero attached hydrogens (tertiary/aromatic N) is 1. The second-order valence-corrected chi connectivity index (χ2v) is 5.30. The van der Waals surface area contributed by atoms with Crippen molar-refractivity contribution >= 4 is 0 Å². The zero-order valence-electron chi connectivity index (χ0n) is 11.9. The molecule has 0 aliphatic heterocycles. The Morgan fingerprint density at radius 2 is 1.88 bits per heavy atom. The first-order chi connectivity index (χ1) is 7.43. The van der Waals surface area contributed by atoms with Crippen LogP contribution in [0.25, 0.3) is 0 Å². The largest absolute Gasteiger partial charge is 0.383 e. The van der Waals surface area contributed by atoms with Crippen molar-refractivity contribution in [3.05, 3.63) is 0 Å². The summed E-state index contributed by atoms with van der Waals surface area (Å²) in [4.78, 5) is 2.40. The zero-order chi connectivity index (χ0) is 12.8. The fourth-order valence-corrected chi connectivity index (χ4v) is 2.38. The predicted octanol–water partition coefficient (Wildman–Crippen LogP) is 2.11. The fourth-order valence-electron chi connectivity index (χ4n) is 2.38. The Labute approximate surface area is 101 Å². The first kappa shape index (κ1) is 15.9. The van der Waals surface area contributed by atoms with E-state index in [9.17, 15) is 0 Å². The van der Waals surface area contributed by atoms with E-state index in [1.54, 1.807) is 7.11 Å². The maximum absolute atomic E-state index is 5.95. The van der Waals surface area contributed by atoms with E-state index in [1.807, 2.05) is 0 Å². The van der Waals surface area contributed by atoms with Crippen LogP contribution in [0.5, 0.6) is 0 Å². The van der Waals surface area contributed by atoms with Crippen molar-refractivity contribution in [3.8, 4) is 0 Å². The lowest BCUT2D eigenvalue weighted by Crippen LogP contribution is -2.58. The van der Waals surface area contributed by atoms with Crippen molar-refractivity contribution in [1.29, 1.82) is 0 Å². The number of rotatable bonds is 8. The molecule has 0 saturated carbocycles. The molecular weight excluding hydrogens is 200 g/mol. The number of hydrogen-bond acceptors (Lipinski definition) is 3. The van der Waals surface area contributed by atoms with Gasteiger partial charge in [-0.2, -0.15) is 0 Å². The van der Waals surface area contributed by atoms with Crippen molar-refractivity contribution in [1.82, 2.24) is 4.90 Å². The molecular formula is C13H30N2O. The van der Waals surface area contributed by atoms with Gasteiger partial charge < -0.3 is 10.5 Å². The quantitative estimate of drug-likeness (QED) is 0.694. The number of methoxy groups -OCH3 is 1. The van der Waals surface area contributed by atoms with Gasteiger partial charge in [-0.15, -0.1) is 0 Å². The molecule has 0 bridgehead atoms. The third-order valence-corrected chi connectivity index (χ3v) is 3.67. The van der Waals surface area contributed by atoms with Crippen LogP contribution in [0.15, 0.2) is 0 Å². The summed E-state index contributed by atoms with van der Waals surface area (Å²) in [6, 6.07) is 0.540. The van der Waals surface area contributed by atoms with Crippen molar-refractivity contribution < 1.29 is 4.74 Å². The Morgan fingerprint density at radius 1 is 1.31 bits per heavy atom. The molecule has 0 aromatic carbocycles. The molecule has 98 valence electrons. The molecule has 3 nitrogen and oxygen atoms in total. The maximum atomic E-state index is 5.95. The molecule has 0 saturated heterocycles. The maximum Gasteiger partial charge on any atom is 0.0658 e. The van der Waals surface area contributed by atoms with Gasteiger partial charge in [0.15, 0.2) is 0 Å². The number of nitrogens with two attached hydrogens (primary N) is 1. The van der Waals surface area contributed by atoms with Gasteiger partial charge in [0, 0.05) is 19.7 Å². The summed E-state index contributed by atoms with van der Waals surface area (Å²) in [5.74, 6) is 0.715. The Bertz CT molecular complexity index is 179. The fraction of sp³-hybridized carbons (Fsp3) is 1.00. The minimum atomic E-state index is -0.0109.